The number of ketones is 1. The zero-order chi connectivity index (χ0) is 25.9. The van der Waals surface area contributed by atoms with Crippen molar-refractivity contribution in [3.8, 4) is 0 Å². The van der Waals surface area contributed by atoms with Crippen molar-refractivity contribution in [3.05, 3.63) is 35.9 Å². The average Bonchev–Trinajstić information content (AvgIpc) is 2.67. The van der Waals surface area contributed by atoms with Crippen molar-refractivity contribution in [2.24, 2.45) is 11.3 Å². The van der Waals surface area contributed by atoms with Gasteiger partial charge in [-0.05, 0) is 36.7 Å². The zero-order valence-electron chi connectivity index (χ0n) is 24.2. The van der Waals surface area contributed by atoms with E-state index in [1.54, 1.807) is 14.0 Å². The molecule has 1 aromatic carbocycles. The molecule has 0 heterocycles. The summed E-state index contributed by atoms with van der Waals surface area (Å²) in [4.78, 5) is 10.5. The number of aryl methyl sites for hydroxylation is 1. The van der Waals surface area contributed by atoms with E-state index in [1.807, 2.05) is 26.8 Å². The van der Waals surface area contributed by atoms with Gasteiger partial charge in [-0.3, -0.25) is 4.79 Å². The summed E-state index contributed by atoms with van der Waals surface area (Å²) in [5, 5.41) is 0. The van der Waals surface area contributed by atoms with Crippen LogP contribution in [0.1, 0.15) is 137 Å². The second kappa shape index (κ2) is 38.1. The molecule has 0 fully saturated rings. The molecule has 0 amide bonds. The number of methoxy groups -OCH3 is 1. The van der Waals surface area contributed by atoms with E-state index in [9.17, 15) is 4.79 Å². The number of carbonyl (C=O) groups excluding carboxylic acids is 1. The highest BCUT2D eigenvalue weighted by Gasteiger charge is 2.05. The fourth-order valence-corrected chi connectivity index (χ4v) is 1.43. The third-order valence-corrected chi connectivity index (χ3v) is 2.55. The Morgan fingerprint density at radius 2 is 1.18 bits per heavy atom. The molecule has 0 aliphatic carbocycles. The number of carbonyl (C=O) groups is 1. The van der Waals surface area contributed by atoms with Crippen molar-refractivity contribution in [1.82, 2.24) is 0 Å². The van der Waals surface area contributed by atoms with E-state index >= 15 is 0 Å². The van der Waals surface area contributed by atoms with Crippen LogP contribution in [0.25, 0.3) is 0 Å². The van der Waals surface area contributed by atoms with Gasteiger partial charge >= 0.3 is 0 Å². The van der Waals surface area contributed by atoms with E-state index < -0.39 is 0 Å². The fourth-order valence-electron chi connectivity index (χ4n) is 1.43. The van der Waals surface area contributed by atoms with E-state index in [0.29, 0.717) is 11.8 Å². The first-order valence-electron chi connectivity index (χ1n) is 12.3. The zero-order valence-corrected chi connectivity index (χ0v) is 24.2. The highest BCUT2D eigenvalue weighted by atomic mass is 16.5. The van der Waals surface area contributed by atoms with Crippen LogP contribution >= 0.6 is 0 Å². The van der Waals surface area contributed by atoms with Gasteiger partial charge in [0.1, 0.15) is 5.78 Å². The number of ether oxygens (including phenoxy) is 1. The highest BCUT2D eigenvalue weighted by molar-refractivity contribution is 5.75. The quantitative estimate of drug-likeness (QED) is 0.426. The lowest BCUT2D eigenvalue weighted by atomic mass is 10.0. The van der Waals surface area contributed by atoms with Gasteiger partial charge in [0.2, 0.25) is 0 Å². The van der Waals surface area contributed by atoms with Gasteiger partial charge in [0.25, 0.3) is 0 Å². The van der Waals surface area contributed by atoms with Gasteiger partial charge in [-0.2, -0.15) is 0 Å². The second-order valence-corrected chi connectivity index (χ2v) is 9.45. The molecule has 1 rings (SSSR count). The molecule has 0 aromatic heterocycles. The minimum atomic E-state index is 0. The molecule has 0 bridgehead atoms. The van der Waals surface area contributed by atoms with Crippen molar-refractivity contribution in [3.63, 3.8) is 0 Å². The van der Waals surface area contributed by atoms with Crippen molar-refractivity contribution < 1.29 is 9.53 Å². The van der Waals surface area contributed by atoms with Gasteiger partial charge in [0.05, 0.1) is 6.10 Å². The summed E-state index contributed by atoms with van der Waals surface area (Å²) in [7, 11) is 1.64. The van der Waals surface area contributed by atoms with Crippen molar-refractivity contribution in [2.45, 2.75) is 144 Å². The number of hydrogen-bond donors (Lipinski definition) is 0. The Balaban J connectivity index is -0.0000000519. The van der Waals surface area contributed by atoms with Crippen LogP contribution in [0.3, 0.4) is 0 Å². The summed E-state index contributed by atoms with van der Waals surface area (Å²) in [6, 6.07) is 10.5. The first-order valence-corrected chi connectivity index (χ1v) is 12.3. The maximum Gasteiger partial charge on any atom is 0.132 e. The van der Waals surface area contributed by atoms with Crippen LogP contribution in [0, 0.1) is 11.3 Å². The SMILES string of the molecule is C.C.CC.CC(C)(C)C.CC(C)C.CCC.CCC(CC(C)=O)OC.CCc1ccccc1. The molecule has 1 aromatic rings. The molecule has 2 nitrogen and oxygen atoms in total. The third kappa shape index (κ3) is 90.4. The van der Waals surface area contributed by atoms with Crippen LogP contribution in [0.5, 0.6) is 0 Å². The van der Waals surface area contributed by atoms with Crippen LogP contribution in [0.15, 0.2) is 30.3 Å². The van der Waals surface area contributed by atoms with Crippen molar-refractivity contribution in [1.29, 1.82) is 0 Å². The molecule has 0 saturated heterocycles. The Hall–Kier alpha value is -1.15. The lowest BCUT2D eigenvalue weighted by Crippen LogP contribution is -2.12. The van der Waals surface area contributed by atoms with Gasteiger partial charge < -0.3 is 4.74 Å². The van der Waals surface area contributed by atoms with Gasteiger partial charge in [-0.1, -0.05) is 142 Å². The van der Waals surface area contributed by atoms with Crippen LogP contribution in [0.2, 0.25) is 0 Å². The van der Waals surface area contributed by atoms with E-state index in [1.165, 1.54) is 12.0 Å². The predicted molar refractivity (Wildman–Crippen MR) is 159 cm³/mol. The molecule has 0 radical (unpaired) electrons. The summed E-state index contributed by atoms with van der Waals surface area (Å²) >= 11 is 0. The molecule has 1 atom stereocenters. The average molecular weight is 473 g/mol. The Morgan fingerprint density at radius 1 is 0.879 bits per heavy atom. The van der Waals surface area contributed by atoms with E-state index in [0.717, 1.165) is 18.8 Å². The Kier molecular flexibility index (Phi) is 56.7. The van der Waals surface area contributed by atoms with Gasteiger partial charge in [0.15, 0.2) is 0 Å². The molecule has 0 aliphatic rings. The van der Waals surface area contributed by atoms with Gasteiger partial charge in [-0.25, -0.2) is 0 Å². The largest absolute Gasteiger partial charge is 0.381 e. The summed E-state index contributed by atoms with van der Waals surface area (Å²) in [5.41, 5.74) is 1.91. The highest BCUT2D eigenvalue weighted by Crippen LogP contribution is 2.08. The molecule has 0 spiro atoms. The molecule has 1 unspecified atom stereocenters. The Bertz CT molecular complexity index is 404. The topological polar surface area (TPSA) is 26.3 Å². The smallest absolute Gasteiger partial charge is 0.132 e. The molecular weight excluding hydrogens is 404 g/mol. The molecule has 33 heavy (non-hydrogen) atoms. The molecule has 0 N–H and O–H groups in total. The monoisotopic (exact) mass is 473 g/mol. The van der Waals surface area contributed by atoms with Crippen molar-refractivity contribution >= 4 is 5.78 Å². The van der Waals surface area contributed by atoms with E-state index in [-0.39, 0.29) is 26.7 Å². The van der Waals surface area contributed by atoms with Crippen LogP contribution in [-0.4, -0.2) is 19.0 Å². The van der Waals surface area contributed by atoms with Crippen molar-refractivity contribution in [2.75, 3.05) is 7.11 Å². The third-order valence-electron chi connectivity index (χ3n) is 2.55. The van der Waals surface area contributed by atoms with Gasteiger partial charge in [-0.15, -0.1) is 0 Å². The maximum atomic E-state index is 10.5. The van der Waals surface area contributed by atoms with Crippen LogP contribution in [-0.2, 0) is 16.0 Å². The summed E-state index contributed by atoms with van der Waals surface area (Å²) in [5.74, 6) is 1.03. The van der Waals surface area contributed by atoms with Crippen LogP contribution in [0.4, 0.5) is 0 Å². The molecule has 2 heteroatoms. The summed E-state index contributed by atoms with van der Waals surface area (Å²) < 4.78 is 4.99. The Labute approximate surface area is 213 Å². The number of rotatable bonds is 5. The van der Waals surface area contributed by atoms with Gasteiger partial charge in [0, 0.05) is 13.5 Å². The first kappa shape index (κ1) is 49.1. The molecule has 0 aliphatic heterocycles. The number of benzene rings is 1. The van der Waals surface area contributed by atoms with Crippen LogP contribution < -0.4 is 0 Å². The molecule has 204 valence electrons. The number of hydrogen-bond acceptors (Lipinski definition) is 2. The summed E-state index contributed by atoms with van der Waals surface area (Å²) in [6.45, 7) is 29.3. The lowest BCUT2D eigenvalue weighted by Gasteiger charge is -2.08. The first-order chi connectivity index (χ1) is 14.3. The lowest BCUT2D eigenvalue weighted by molar-refractivity contribution is -0.119. The standard InChI is InChI=1S/C8H10.C7H14O2.C5H12.C4H10.C3H8.C2H6.2CH4/c1-2-8-6-4-3-5-7-8;1-4-7(9-3)5-6(2)8;1-5(2,3)4;1-4(2)3;1-3-2;1-2;;/h3-7H,2H2,1H3;7H,4-5H2,1-3H3;1-4H3;4H,1-3H3;3H2,1-2H3;1-2H3;2*1H4. The fraction of sp³-hybridized carbons (Fsp3) is 0.774. The predicted octanol–water partition coefficient (Wildman–Crippen LogP) is 11.1. The maximum absolute atomic E-state index is 10.5. The Morgan fingerprint density at radius 3 is 1.30 bits per heavy atom. The summed E-state index contributed by atoms with van der Waals surface area (Å²) in [6.07, 6.45) is 3.98. The molecule has 0 saturated carbocycles. The normalized spacial score (nSPS) is 9.45. The minimum Gasteiger partial charge on any atom is -0.381 e. The van der Waals surface area contributed by atoms with E-state index in [4.69, 9.17) is 4.74 Å². The second-order valence-electron chi connectivity index (χ2n) is 9.45. The molecular formula is C31H68O2. The minimum absolute atomic E-state index is 0. The van der Waals surface area contributed by atoms with E-state index in [2.05, 4.69) is 93.5 Å². The number of Topliss-reactive ketones (excluding diaryl/α,β-unsaturated/α-hetero) is 1.